The van der Waals surface area contributed by atoms with Crippen LogP contribution in [-0.4, -0.2) is 48.7 Å². The third-order valence-electron chi connectivity index (χ3n) is 7.95. The molecule has 1 aliphatic carbocycles. The number of ether oxygens (including phenoxy) is 2. The molecule has 3 aliphatic rings. The first kappa shape index (κ1) is 23.7. The fourth-order valence-electron chi connectivity index (χ4n) is 6.19. The second-order valence-corrected chi connectivity index (χ2v) is 10.2. The summed E-state index contributed by atoms with van der Waals surface area (Å²) in [6, 6.07) is 26.4. The molecule has 2 aliphatic heterocycles. The number of fused-ring (bicyclic) bond motifs is 5. The molecule has 3 aromatic rings. The van der Waals surface area contributed by atoms with Crippen LogP contribution in [0, 0.1) is 5.92 Å². The summed E-state index contributed by atoms with van der Waals surface area (Å²) in [5, 5.41) is 0. The summed E-state index contributed by atoms with van der Waals surface area (Å²) in [6.45, 7) is 1.20. The van der Waals surface area contributed by atoms with Gasteiger partial charge in [-0.25, -0.2) is 4.79 Å². The van der Waals surface area contributed by atoms with E-state index in [9.17, 15) is 9.59 Å². The third-order valence-corrected chi connectivity index (χ3v) is 7.95. The monoisotopic (exact) mass is 493 g/mol. The van der Waals surface area contributed by atoms with Crippen LogP contribution in [-0.2, 0) is 14.3 Å². The van der Waals surface area contributed by atoms with Crippen molar-refractivity contribution in [3.8, 4) is 11.1 Å². The maximum atomic E-state index is 13.3. The Morgan fingerprint density at radius 2 is 1.43 bits per heavy atom. The predicted molar refractivity (Wildman–Crippen MR) is 143 cm³/mol. The maximum Gasteiger partial charge on any atom is 0.410 e. The Bertz CT molecular complexity index is 1260. The van der Waals surface area contributed by atoms with E-state index in [1.54, 1.807) is 0 Å². The highest BCUT2D eigenvalue weighted by molar-refractivity contribution is 5.84. The molecular weight excluding hydrogens is 462 g/mol. The summed E-state index contributed by atoms with van der Waals surface area (Å²) in [5.41, 5.74) is 5.92. The largest absolute Gasteiger partial charge is 0.448 e. The van der Waals surface area contributed by atoms with Crippen LogP contribution in [0.5, 0.6) is 0 Å². The number of allylic oxidation sites excluding steroid dienone is 1. The molecule has 5 nitrogen and oxygen atoms in total. The molecule has 3 aromatic carbocycles. The van der Waals surface area contributed by atoms with E-state index in [-0.39, 0.29) is 35.8 Å². The highest BCUT2D eigenvalue weighted by Crippen LogP contribution is 2.44. The van der Waals surface area contributed by atoms with Gasteiger partial charge in [-0.15, -0.1) is 0 Å². The van der Waals surface area contributed by atoms with Gasteiger partial charge in [-0.2, -0.15) is 0 Å². The number of hydrogen-bond donors (Lipinski definition) is 0. The van der Waals surface area contributed by atoms with E-state index < -0.39 is 0 Å². The molecule has 2 heterocycles. The van der Waals surface area contributed by atoms with Gasteiger partial charge in [-0.05, 0) is 40.7 Å². The molecule has 1 amide bonds. The van der Waals surface area contributed by atoms with Crippen LogP contribution in [0.25, 0.3) is 17.2 Å². The van der Waals surface area contributed by atoms with Crippen molar-refractivity contribution < 1.29 is 19.1 Å². The minimum absolute atomic E-state index is 0.0305. The predicted octanol–water partition coefficient (Wildman–Crippen LogP) is 6.09. The number of nitrogens with zero attached hydrogens (tertiary/aromatic N) is 1. The number of morpholine rings is 1. The molecule has 2 atom stereocenters. The van der Waals surface area contributed by atoms with Gasteiger partial charge >= 0.3 is 6.09 Å². The Morgan fingerprint density at radius 1 is 0.838 bits per heavy atom. The highest BCUT2D eigenvalue weighted by Gasteiger charge is 2.44. The number of benzene rings is 3. The normalized spacial score (nSPS) is 22.5. The lowest BCUT2D eigenvalue weighted by Gasteiger charge is -2.47. The topological polar surface area (TPSA) is 55.8 Å². The number of amides is 1. The van der Waals surface area contributed by atoms with Crippen molar-refractivity contribution >= 4 is 18.0 Å². The lowest BCUT2D eigenvalue weighted by Crippen LogP contribution is -2.60. The first-order valence-corrected chi connectivity index (χ1v) is 13.1. The molecule has 2 bridgehead atoms. The molecule has 0 aromatic heterocycles. The Labute approximate surface area is 217 Å². The van der Waals surface area contributed by atoms with E-state index in [0.717, 1.165) is 5.56 Å². The SMILES string of the molecule is O=C(C/C=C/c1ccccc1)C1CC2COCC(C1)N2C(=O)OCC1c2ccccc2-c2ccccc21. The zero-order chi connectivity index (χ0) is 25.2. The Balaban J connectivity index is 1.10. The van der Waals surface area contributed by atoms with Gasteiger partial charge in [0.15, 0.2) is 0 Å². The molecule has 2 saturated heterocycles. The lowest BCUT2D eigenvalue weighted by atomic mass is 9.82. The van der Waals surface area contributed by atoms with E-state index in [2.05, 4.69) is 24.3 Å². The lowest BCUT2D eigenvalue weighted by molar-refractivity contribution is -0.130. The average molecular weight is 494 g/mol. The van der Waals surface area contributed by atoms with Crippen LogP contribution < -0.4 is 0 Å². The van der Waals surface area contributed by atoms with Crippen molar-refractivity contribution in [2.24, 2.45) is 5.92 Å². The van der Waals surface area contributed by atoms with E-state index >= 15 is 0 Å². The quantitative estimate of drug-likeness (QED) is 0.417. The van der Waals surface area contributed by atoms with Crippen molar-refractivity contribution in [1.29, 1.82) is 0 Å². The van der Waals surface area contributed by atoms with Crippen molar-refractivity contribution in [3.63, 3.8) is 0 Å². The number of carbonyl (C=O) groups excluding carboxylic acids is 2. The zero-order valence-corrected chi connectivity index (χ0v) is 20.8. The number of ketones is 1. The summed E-state index contributed by atoms with van der Waals surface area (Å²) in [6.07, 6.45) is 5.30. The number of carbonyl (C=O) groups is 2. The minimum atomic E-state index is -0.296. The minimum Gasteiger partial charge on any atom is -0.448 e. The molecule has 6 rings (SSSR count). The summed E-state index contributed by atoms with van der Waals surface area (Å²) < 4.78 is 11.7. The number of piperidine rings is 1. The molecule has 0 radical (unpaired) electrons. The Kier molecular flexibility index (Phi) is 6.62. The molecule has 0 saturated carbocycles. The second kappa shape index (κ2) is 10.3. The first-order chi connectivity index (χ1) is 18.2. The van der Waals surface area contributed by atoms with Gasteiger partial charge in [0, 0.05) is 18.3 Å². The van der Waals surface area contributed by atoms with Crippen molar-refractivity contribution in [2.75, 3.05) is 19.8 Å². The van der Waals surface area contributed by atoms with Crippen LogP contribution in [0.15, 0.2) is 84.9 Å². The van der Waals surface area contributed by atoms with Crippen LogP contribution >= 0.6 is 0 Å². The molecule has 2 unspecified atom stereocenters. The third kappa shape index (κ3) is 4.72. The van der Waals surface area contributed by atoms with E-state index in [1.165, 1.54) is 22.3 Å². The molecule has 37 heavy (non-hydrogen) atoms. The van der Waals surface area contributed by atoms with Gasteiger partial charge in [-0.1, -0.05) is 91.0 Å². The van der Waals surface area contributed by atoms with Gasteiger partial charge in [0.05, 0.1) is 25.3 Å². The molecule has 0 N–H and O–H groups in total. The Hall–Kier alpha value is -3.70. The first-order valence-electron chi connectivity index (χ1n) is 13.1. The van der Waals surface area contributed by atoms with E-state index in [0.29, 0.717) is 39.1 Å². The van der Waals surface area contributed by atoms with Crippen LogP contribution in [0.4, 0.5) is 4.79 Å². The summed E-state index contributed by atoms with van der Waals surface area (Å²) in [7, 11) is 0. The number of rotatable bonds is 6. The highest BCUT2D eigenvalue weighted by atomic mass is 16.6. The smallest absolute Gasteiger partial charge is 0.410 e. The van der Waals surface area contributed by atoms with Gasteiger partial charge in [-0.3, -0.25) is 9.69 Å². The fourth-order valence-corrected chi connectivity index (χ4v) is 6.19. The van der Waals surface area contributed by atoms with Gasteiger partial charge in [0.2, 0.25) is 0 Å². The fraction of sp³-hybridized carbons (Fsp3) is 0.312. The molecule has 0 spiro atoms. The standard InChI is InChI=1S/C32H31NO4/c34-31(16-8-11-22-9-2-1-3-10-22)23-17-24-19-36-20-25(18-23)33(24)32(35)37-21-30-28-14-6-4-12-26(28)27-13-5-7-15-29(27)30/h1-15,23-25,30H,16-21H2/b11-8+. The summed E-state index contributed by atoms with van der Waals surface area (Å²) in [5.74, 6) is 0.205. The van der Waals surface area contributed by atoms with Gasteiger partial charge < -0.3 is 9.47 Å². The van der Waals surface area contributed by atoms with E-state index in [4.69, 9.17) is 9.47 Å². The van der Waals surface area contributed by atoms with E-state index in [1.807, 2.05) is 71.6 Å². The Morgan fingerprint density at radius 3 is 2.08 bits per heavy atom. The molecular formula is C32H31NO4. The molecule has 188 valence electrons. The van der Waals surface area contributed by atoms with Gasteiger partial charge in [0.25, 0.3) is 0 Å². The van der Waals surface area contributed by atoms with Gasteiger partial charge in [0.1, 0.15) is 12.4 Å². The van der Waals surface area contributed by atoms with Crippen molar-refractivity contribution in [1.82, 2.24) is 4.90 Å². The van der Waals surface area contributed by atoms with Crippen LogP contribution in [0.3, 0.4) is 0 Å². The molecule has 2 fully saturated rings. The summed E-state index contributed by atoms with van der Waals surface area (Å²) >= 11 is 0. The maximum absolute atomic E-state index is 13.3. The number of hydrogen-bond acceptors (Lipinski definition) is 4. The van der Waals surface area contributed by atoms with Crippen molar-refractivity contribution in [2.45, 2.75) is 37.3 Å². The number of Topliss-reactive ketones (excluding diaryl/α,β-unsaturated/α-hetero) is 1. The summed E-state index contributed by atoms with van der Waals surface area (Å²) in [4.78, 5) is 28.2. The zero-order valence-electron chi connectivity index (χ0n) is 20.8. The van der Waals surface area contributed by atoms with Crippen LogP contribution in [0.1, 0.15) is 41.9 Å². The van der Waals surface area contributed by atoms with Crippen molar-refractivity contribution in [3.05, 3.63) is 102 Å². The average Bonchev–Trinajstić information content (AvgIpc) is 3.25. The van der Waals surface area contributed by atoms with Crippen LogP contribution in [0.2, 0.25) is 0 Å². The second-order valence-electron chi connectivity index (χ2n) is 10.2. The molecule has 5 heteroatoms.